The fourth-order valence-corrected chi connectivity index (χ4v) is 2.59. The van der Waals surface area contributed by atoms with Crippen LogP contribution in [0.2, 0.25) is 0 Å². The van der Waals surface area contributed by atoms with E-state index in [4.69, 9.17) is 23.7 Å². The molecule has 0 saturated carbocycles. The zero-order valence-corrected chi connectivity index (χ0v) is 15.9. The molecule has 0 aliphatic heterocycles. The highest BCUT2D eigenvalue weighted by Crippen LogP contribution is 2.37. The van der Waals surface area contributed by atoms with Gasteiger partial charge in [-0.3, -0.25) is 0 Å². The van der Waals surface area contributed by atoms with Gasteiger partial charge in [0, 0.05) is 11.6 Å². The first-order valence-electron chi connectivity index (χ1n) is 7.96. The second kappa shape index (κ2) is 8.84. The Morgan fingerprint density at radius 1 is 0.741 bits per heavy atom. The average Bonchev–Trinajstić information content (AvgIpc) is 2.70. The van der Waals surface area contributed by atoms with Crippen LogP contribution in [0, 0.1) is 0 Å². The van der Waals surface area contributed by atoms with Crippen LogP contribution < -0.4 is 23.7 Å². The smallest absolute Gasteiger partial charge is 0.336 e. The summed E-state index contributed by atoms with van der Waals surface area (Å²) in [6, 6.07) is 8.19. The van der Waals surface area contributed by atoms with Crippen LogP contribution in [0.3, 0.4) is 0 Å². The fraction of sp³-hybridized carbons (Fsp3) is 0.250. The Bertz CT molecular complexity index is 856. The molecule has 7 nitrogen and oxygen atoms in total. The molecule has 0 unspecified atom stereocenters. The summed E-state index contributed by atoms with van der Waals surface area (Å²) in [5, 5.41) is 9.73. The van der Waals surface area contributed by atoms with E-state index in [1.807, 2.05) is 0 Å². The Labute approximate surface area is 157 Å². The topological polar surface area (TPSA) is 83.5 Å². The van der Waals surface area contributed by atoms with Crippen LogP contribution in [-0.2, 0) is 4.79 Å². The molecule has 0 spiro atoms. The van der Waals surface area contributed by atoms with Crippen LogP contribution in [-0.4, -0.2) is 46.6 Å². The molecule has 0 aliphatic rings. The van der Waals surface area contributed by atoms with Crippen LogP contribution >= 0.6 is 0 Å². The van der Waals surface area contributed by atoms with Crippen molar-refractivity contribution in [3.8, 4) is 28.7 Å². The molecule has 7 heteroatoms. The highest BCUT2D eigenvalue weighted by Gasteiger charge is 2.17. The predicted molar refractivity (Wildman–Crippen MR) is 101 cm³/mol. The highest BCUT2D eigenvalue weighted by atomic mass is 16.5. The van der Waals surface area contributed by atoms with Gasteiger partial charge in [-0.1, -0.05) is 6.07 Å². The molecule has 0 bridgehead atoms. The van der Waals surface area contributed by atoms with Gasteiger partial charge in [-0.05, 0) is 29.8 Å². The Hall–Kier alpha value is -3.35. The van der Waals surface area contributed by atoms with Crippen molar-refractivity contribution < 1.29 is 33.6 Å². The molecule has 1 N–H and O–H groups in total. The molecule has 0 aliphatic carbocycles. The predicted octanol–water partition coefficient (Wildman–Crippen LogP) is 3.35. The van der Waals surface area contributed by atoms with Gasteiger partial charge < -0.3 is 28.8 Å². The zero-order valence-electron chi connectivity index (χ0n) is 15.9. The number of hydrogen-bond acceptors (Lipinski definition) is 6. The largest absolute Gasteiger partial charge is 0.496 e. The molecular weight excluding hydrogens is 352 g/mol. The van der Waals surface area contributed by atoms with Gasteiger partial charge in [0.05, 0.1) is 41.1 Å². The van der Waals surface area contributed by atoms with Gasteiger partial charge in [0.2, 0.25) is 0 Å². The maximum absolute atomic E-state index is 11.9. The van der Waals surface area contributed by atoms with Crippen molar-refractivity contribution >= 4 is 17.6 Å². The molecule has 0 aromatic heterocycles. The number of carboxylic acids is 1. The number of benzene rings is 2. The maximum atomic E-state index is 11.9. The number of hydrogen-bond donors (Lipinski definition) is 1. The normalized spacial score (nSPS) is 10.9. The zero-order chi connectivity index (χ0) is 20.0. The van der Waals surface area contributed by atoms with E-state index in [9.17, 15) is 9.90 Å². The summed E-state index contributed by atoms with van der Waals surface area (Å²) < 4.78 is 26.4. The van der Waals surface area contributed by atoms with Gasteiger partial charge in [-0.15, -0.1) is 0 Å². The minimum absolute atomic E-state index is 0.0569. The van der Waals surface area contributed by atoms with E-state index in [0.717, 1.165) is 0 Å². The lowest BCUT2D eigenvalue weighted by Gasteiger charge is -2.13. The molecular formula is C20H22O7. The summed E-state index contributed by atoms with van der Waals surface area (Å²) in [4.78, 5) is 11.9. The van der Waals surface area contributed by atoms with Gasteiger partial charge >= 0.3 is 5.97 Å². The van der Waals surface area contributed by atoms with Crippen molar-refractivity contribution in [1.29, 1.82) is 0 Å². The quantitative estimate of drug-likeness (QED) is 0.560. The lowest BCUT2D eigenvalue weighted by Crippen LogP contribution is -2.02. The SMILES string of the molecule is COc1cc(OC)c(OC)cc1/C=C(\C(=O)O)c1ccc(OC)c(OC)c1. The number of rotatable bonds is 8. The van der Waals surface area contributed by atoms with Crippen molar-refractivity contribution in [1.82, 2.24) is 0 Å². The first-order chi connectivity index (χ1) is 13.0. The molecule has 0 saturated heterocycles. The number of carboxylic acid groups (broad SMARTS) is 1. The minimum Gasteiger partial charge on any atom is -0.496 e. The lowest BCUT2D eigenvalue weighted by molar-refractivity contribution is -0.130. The maximum Gasteiger partial charge on any atom is 0.336 e. The van der Waals surface area contributed by atoms with Crippen molar-refractivity contribution in [3.05, 3.63) is 41.5 Å². The van der Waals surface area contributed by atoms with E-state index in [1.165, 1.54) is 41.6 Å². The van der Waals surface area contributed by atoms with Crippen LogP contribution in [0.1, 0.15) is 11.1 Å². The Kier molecular flexibility index (Phi) is 6.54. The number of aliphatic carboxylic acids is 1. The summed E-state index contributed by atoms with van der Waals surface area (Å²) in [7, 11) is 7.52. The van der Waals surface area contributed by atoms with Crippen LogP contribution in [0.15, 0.2) is 30.3 Å². The van der Waals surface area contributed by atoms with E-state index in [-0.39, 0.29) is 5.57 Å². The summed E-state index contributed by atoms with van der Waals surface area (Å²) >= 11 is 0. The minimum atomic E-state index is -1.10. The second-order valence-corrected chi connectivity index (χ2v) is 5.38. The summed E-state index contributed by atoms with van der Waals surface area (Å²) in [5.41, 5.74) is 1.04. The molecule has 2 aromatic rings. The molecule has 0 radical (unpaired) electrons. The van der Waals surface area contributed by atoms with E-state index >= 15 is 0 Å². The fourth-order valence-electron chi connectivity index (χ4n) is 2.59. The summed E-state index contributed by atoms with van der Waals surface area (Å²) in [5.74, 6) is 1.23. The van der Waals surface area contributed by atoms with Crippen molar-refractivity contribution in [2.75, 3.05) is 35.5 Å². The molecule has 2 rings (SSSR count). The first kappa shape index (κ1) is 20.0. The second-order valence-electron chi connectivity index (χ2n) is 5.38. The van der Waals surface area contributed by atoms with E-state index in [2.05, 4.69) is 0 Å². The Morgan fingerprint density at radius 3 is 1.78 bits per heavy atom. The third-order valence-corrected chi connectivity index (χ3v) is 3.96. The molecule has 0 heterocycles. The third kappa shape index (κ3) is 4.25. The van der Waals surface area contributed by atoms with Gasteiger partial charge in [-0.25, -0.2) is 4.79 Å². The lowest BCUT2D eigenvalue weighted by atomic mass is 10.0. The van der Waals surface area contributed by atoms with Crippen LogP contribution in [0.25, 0.3) is 11.6 Å². The molecule has 27 heavy (non-hydrogen) atoms. The summed E-state index contributed by atoms with van der Waals surface area (Å²) in [6.45, 7) is 0. The van der Waals surface area contributed by atoms with Gasteiger partial charge in [0.15, 0.2) is 23.0 Å². The van der Waals surface area contributed by atoms with Crippen molar-refractivity contribution in [2.24, 2.45) is 0 Å². The Balaban J connectivity index is 2.64. The van der Waals surface area contributed by atoms with Crippen molar-refractivity contribution in [3.63, 3.8) is 0 Å². The standard InChI is InChI=1S/C20H22O7/c1-23-15-7-6-12(9-17(15)25-3)14(20(21)22)8-13-10-18(26-4)19(27-5)11-16(13)24-2/h6-11H,1-5H3,(H,21,22)/b14-8-. The average molecular weight is 374 g/mol. The van der Waals surface area contributed by atoms with Crippen LogP contribution in [0.5, 0.6) is 28.7 Å². The number of carbonyl (C=O) groups is 1. The van der Waals surface area contributed by atoms with Crippen LogP contribution in [0.4, 0.5) is 0 Å². The molecule has 144 valence electrons. The summed E-state index contributed by atoms with van der Waals surface area (Å²) in [6.07, 6.45) is 1.50. The molecule has 0 fully saturated rings. The number of methoxy groups -OCH3 is 5. The van der Waals surface area contributed by atoms with E-state index in [1.54, 1.807) is 30.3 Å². The van der Waals surface area contributed by atoms with Gasteiger partial charge in [0.1, 0.15) is 5.75 Å². The number of ether oxygens (including phenoxy) is 5. The monoisotopic (exact) mass is 374 g/mol. The molecule has 0 amide bonds. The highest BCUT2D eigenvalue weighted by molar-refractivity contribution is 6.21. The van der Waals surface area contributed by atoms with E-state index in [0.29, 0.717) is 39.9 Å². The molecule has 2 aromatic carbocycles. The first-order valence-corrected chi connectivity index (χ1v) is 7.96. The van der Waals surface area contributed by atoms with Gasteiger partial charge in [-0.2, -0.15) is 0 Å². The Morgan fingerprint density at radius 2 is 1.26 bits per heavy atom. The van der Waals surface area contributed by atoms with E-state index < -0.39 is 5.97 Å². The van der Waals surface area contributed by atoms with Crippen molar-refractivity contribution in [2.45, 2.75) is 0 Å². The van der Waals surface area contributed by atoms with Gasteiger partial charge in [0.25, 0.3) is 0 Å². The molecule has 0 atom stereocenters. The third-order valence-electron chi connectivity index (χ3n) is 3.96.